The highest BCUT2D eigenvalue weighted by Gasteiger charge is 2.50. The Morgan fingerprint density at radius 2 is 2.00 bits per heavy atom. The number of likely N-dealkylation sites (tertiary alicyclic amines) is 2. The monoisotopic (exact) mass is 410 g/mol. The predicted octanol–water partition coefficient (Wildman–Crippen LogP) is 2.69. The molecule has 0 saturated carbocycles. The fourth-order valence-electron chi connectivity index (χ4n) is 4.88. The maximum absolute atomic E-state index is 12.9. The lowest BCUT2D eigenvalue weighted by Gasteiger charge is -2.23. The minimum absolute atomic E-state index is 0.247. The molecule has 3 aliphatic rings. The molecule has 0 aliphatic carbocycles. The summed E-state index contributed by atoms with van der Waals surface area (Å²) in [6, 6.07) is 9.64. The number of nitrogens with zero attached hydrogens (tertiary/aromatic N) is 2. The molecule has 4 heterocycles. The van der Waals surface area contributed by atoms with Crippen LogP contribution in [0.5, 0.6) is 0 Å². The van der Waals surface area contributed by atoms with Crippen LogP contribution in [-0.2, 0) is 27.4 Å². The first-order valence-electron chi connectivity index (χ1n) is 10.5. The van der Waals surface area contributed by atoms with Gasteiger partial charge in [0, 0.05) is 37.9 Å². The Balaban J connectivity index is 1.24. The number of hydrogen-bond acceptors (Lipinski definition) is 6. The van der Waals surface area contributed by atoms with Gasteiger partial charge in [0.05, 0.1) is 24.1 Å². The van der Waals surface area contributed by atoms with Crippen LogP contribution in [0.4, 0.5) is 0 Å². The van der Waals surface area contributed by atoms with Gasteiger partial charge < -0.3 is 18.8 Å². The van der Waals surface area contributed by atoms with E-state index in [1.54, 1.807) is 7.11 Å². The van der Waals surface area contributed by atoms with E-state index in [1.807, 2.05) is 35.2 Å². The molecule has 30 heavy (non-hydrogen) atoms. The number of carbonyl (C=O) groups is 2. The minimum atomic E-state index is -0.276. The van der Waals surface area contributed by atoms with Gasteiger partial charge in [-0.25, -0.2) is 4.79 Å². The van der Waals surface area contributed by atoms with E-state index in [4.69, 9.17) is 13.9 Å². The molecule has 0 bridgehead atoms. The van der Waals surface area contributed by atoms with Crippen LogP contribution in [0.25, 0.3) is 11.3 Å². The fraction of sp³-hybridized carbons (Fsp3) is 0.478. The SMILES string of the molecule is COCCN1CCC2(CCN(Cc3ccc(-c4ccc5c(c4)C(=O)OC5)o3)C2)C1=O. The first-order chi connectivity index (χ1) is 14.6. The second kappa shape index (κ2) is 7.56. The quantitative estimate of drug-likeness (QED) is 0.682. The van der Waals surface area contributed by atoms with Gasteiger partial charge in [0.2, 0.25) is 5.91 Å². The highest BCUT2D eigenvalue weighted by molar-refractivity contribution is 5.94. The summed E-state index contributed by atoms with van der Waals surface area (Å²) in [5.74, 6) is 1.60. The van der Waals surface area contributed by atoms with Crippen molar-refractivity contribution in [1.82, 2.24) is 9.80 Å². The molecule has 1 spiro atoms. The standard InChI is InChI=1S/C23H26N2O5/c1-28-11-10-25-9-7-23(22(25)27)6-8-24(15-23)13-18-4-5-20(30-18)16-2-3-17-14-29-21(26)19(17)12-16/h2-5,12H,6-11,13-15H2,1H3. The van der Waals surface area contributed by atoms with Crippen LogP contribution in [0.1, 0.15) is 34.5 Å². The van der Waals surface area contributed by atoms with E-state index in [2.05, 4.69) is 4.90 Å². The van der Waals surface area contributed by atoms with Crippen molar-refractivity contribution in [3.63, 3.8) is 0 Å². The highest BCUT2D eigenvalue weighted by atomic mass is 16.5. The number of fused-ring (bicyclic) bond motifs is 1. The van der Waals surface area contributed by atoms with Gasteiger partial charge in [-0.05, 0) is 37.6 Å². The summed E-state index contributed by atoms with van der Waals surface area (Å²) in [5, 5.41) is 0. The van der Waals surface area contributed by atoms with Crippen molar-refractivity contribution in [3.8, 4) is 11.3 Å². The van der Waals surface area contributed by atoms with E-state index in [0.29, 0.717) is 31.9 Å². The normalized spacial score (nSPS) is 23.6. The molecular formula is C23H26N2O5. The van der Waals surface area contributed by atoms with Crippen molar-refractivity contribution in [2.24, 2.45) is 5.41 Å². The number of rotatable bonds is 6. The van der Waals surface area contributed by atoms with Gasteiger partial charge in [0.25, 0.3) is 0 Å². The first-order valence-corrected chi connectivity index (χ1v) is 10.5. The van der Waals surface area contributed by atoms with Gasteiger partial charge in [-0.15, -0.1) is 0 Å². The second-order valence-corrected chi connectivity index (χ2v) is 8.49. The van der Waals surface area contributed by atoms with Gasteiger partial charge in [0.15, 0.2) is 0 Å². The van der Waals surface area contributed by atoms with Crippen molar-refractivity contribution < 1.29 is 23.5 Å². The molecule has 3 aliphatic heterocycles. The molecule has 1 atom stereocenters. The second-order valence-electron chi connectivity index (χ2n) is 8.49. The van der Waals surface area contributed by atoms with Crippen molar-refractivity contribution >= 4 is 11.9 Å². The molecule has 0 radical (unpaired) electrons. The van der Waals surface area contributed by atoms with Crippen molar-refractivity contribution in [1.29, 1.82) is 0 Å². The zero-order valence-electron chi connectivity index (χ0n) is 17.2. The molecule has 5 rings (SSSR count). The molecule has 2 saturated heterocycles. The molecule has 7 heteroatoms. The van der Waals surface area contributed by atoms with Crippen LogP contribution in [0.2, 0.25) is 0 Å². The third-order valence-corrected chi connectivity index (χ3v) is 6.61. The molecule has 158 valence electrons. The van der Waals surface area contributed by atoms with Crippen LogP contribution in [-0.4, -0.2) is 61.6 Å². The summed E-state index contributed by atoms with van der Waals surface area (Å²) >= 11 is 0. The molecule has 7 nitrogen and oxygen atoms in total. The lowest BCUT2D eigenvalue weighted by atomic mass is 9.85. The number of cyclic esters (lactones) is 1. The number of hydrogen-bond donors (Lipinski definition) is 0. The summed E-state index contributed by atoms with van der Waals surface area (Å²) in [4.78, 5) is 29.0. The number of ether oxygens (including phenoxy) is 2. The van der Waals surface area contributed by atoms with Gasteiger partial charge in [-0.3, -0.25) is 9.69 Å². The Labute approximate surface area is 175 Å². The molecule has 0 N–H and O–H groups in total. The first kappa shape index (κ1) is 19.3. The van der Waals surface area contributed by atoms with Crippen LogP contribution < -0.4 is 0 Å². The van der Waals surface area contributed by atoms with Crippen molar-refractivity contribution in [2.75, 3.05) is 39.9 Å². The summed E-state index contributed by atoms with van der Waals surface area (Å²) in [7, 11) is 1.67. The zero-order chi connectivity index (χ0) is 20.7. The lowest BCUT2D eigenvalue weighted by Crippen LogP contribution is -2.38. The Morgan fingerprint density at radius 1 is 1.13 bits per heavy atom. The number of benzene rings is 1. The smallest absolute Gasteiger partial charge is 0.338 e. The molecule has 1 amide bonds. The highest BCUT2D eigenvalue weighted by Crippen LogP contribution is 2.41. The Bertz CT molecular complexity index is 984. The predicted molar refractivity (Wildman–Crippen MR) is 109 cm³/mol. The van der Waals surface area contributed by atoms with Gasteiger partial charge in [-0.2, -0.15) is 0 Å². The molecule has 1 aromatic carbocycles. The fourth-order valence-corrected chi connectivity index (χ4v) is 4.88. The van der Waals surface area contributed by atoms with Gasteiger partial charge in [-0.1, -0.05) is 12.1 Å². The number of furan rings is 1. The van der Waals surface area contributed by atoms with E-state index >= 15 is 0 Å². The Hall–Kier alpha value is -2.64. The zero-order valence-corrected chi connectivity index (χ0v) is 17.2. The van der Waals surface area contributed by atoms with Crippen LogP contribution >= 0.6 is 0 Å². The van der Waals surface area contributed by atoms with E-state index < -0.39 is 0 Å². The maximum Gasteiger partial charge on any atom is 0.338 e. The minimum Gasteiger partial charge on any atom is -0.460 e. The molecule has 2 aromatic rings. The summed E-state index contributed by atoms with van der Waals surface area (Å²) in [6.07, 6.45) is 1.82. The van der Waals surface area contributed by atoms with Crippen LogP contribution in [0.3, 0.4) is 0 Å². The average molecular weight is 410 g/mol. The van der Waals surface area contributed by atoms with E-state index in [9.17, 15) is 9.59 Å². The molecule has 1 aromatic heterocycles. The van der Waals surface area contributed by atoms with Crippen LogP contribution in [0, 0.1) is 5.41 Å². The third-order valence-electron chi connectivity index (χ3n) is 6.61. The Morgan fingerprint density at radius 3 is 2.87 bits per heavy atom. The average Bonchev–Trinajstić information content (AvgIpc) is 3.52. The van der Waals surface area contributed by atoms with Gasteiger partial charge in [0.1, 0.15) is 18.1 Å². The number of carbonyl (C=O) groups excluding carboxylic acids is 2. The largest absolute Gasteiger partial charge is 0.460 e. The summed E-state index contributed by atoms with van der Waals surface area (Å²) < 4.78 is 16.3. The van der Waals surface area contributed by atoms with Crippen molar-refractivity contribution in [3.05, 3.63) is 47.2 Å². The topological polar surface area (TPSA) is 72.2 Å². The van der Waals surface area contributed by atoms with Crippen LogP contribution in [0.15, 0.2) is 34.7 Å². The number of esters is 1. The van der Waals surface area contributed by atoms with E-state index in [1.165, 1.54) is 0 Å². The molecular weight excluding hydrogens is 384 g/mol. The number of amides is 1. The summed E-state index contributed by atoms with van der Waals surface area (Å²) in [5.41, 5.74) is 2.16. The maximum atomic E-state index is 12.9. The van der Waals surface area contributed by atoms with E-state index in [0.717, 1.165) is 55.1 Å². The van der Waals surface area contributed by atoms with Gasteiger partial charge >= 0.3 is 5.97 Å². The summed E-state index contributed by atoms with van der Waals surface area (Å²) in [6.45, 7) is 4.77. The third kappa shape index (κ3) is 3.32. The Kier molecular flexibility index (Phi) is 4.87. The van der Waals surface area contributed by atoms with E-state index in [-0.39, 0.29) is 17.3 Å². The molecule has 1 unspecified atom stereocenters. The molecule has 2 fully saturated rings. The number of methoxy groups -OCH3 is 1. The van der Waals surface area contributed by atoms with Crippen molar-refractivity contribution in [2.45, 2.75) is 26.0 Å². The lowest BCUT2D eigenvalue weighted by molar-refractivity contribution is -0.136.